The van der Waals surface area contributed by atoms with Gasteiger partial charge in [0.05, 0.1) is 12.1 Å². The van der Waals surface area contributed by atoms with Gasteiger partial charge in [-0.3, -0.25) is 0 Å². The third kappa shape index (κ3) is 3.64. The van der Waals surface area contributed by atoms with Crippen molar-refractivity contribution in [2.45, 2.75) is 39.8 Å². The second-order valence-electron chi connectivity index (χ2n) is 5.70. The number of hydrogen-bond acceptors (Lipinski definition) is 4. The molecule has 2 unspecified atom stereocenters. The zero-order valence-electron chi connectivity index (χ0n) is 12.9. The van der Waals surface area contributed by atoms with Crippen molar-refractivity contribution in [1.29, 1.82) is 0 Å². The molecule has 5 nitrogen and oxygen atoms in total. The molecule has 2 aromatic rings. The van der Waals surface area contributed by atoms with Crippen molar-refractivity contribution in [2.24, 2.45) is 5.92 Å². The summed E-state index contributed by atoms with van der Waals surface area (Å²) in [7, 11) is 0. The van der Waals surface area contributed by atoms with Crippen LogP contribution < -0.4 is 5.32 Å². The minimum Gasteiger partial charge on any atom is -0.307 e. The van der Waals surface area contributed by atoms with E-state index in [-0.39, 0.29) is 17.9 Å². The van der Waals surface area contributed by atoms with Crippen molar-refractivity contribution in [2.75, 3.05) is 6.54 Å². The number of rotatable bonds is 6. The molecule has 0 aliphatic rings. The Balaban J connectivity index is 2.22. The normalized spacial score (nSPS) is 14.4. The number of hydrogen-bond donors (Lipinski definition) is 1. The molecule has 2 atom stereocenters. The molecule has 2 rings (SSSR count). The third-order valence-corrected chi connectivity index (χ3v) is 3.46. The van der Waals surface area contributed by atoms with Gasteiger partial charge in [0, 0.05) is 5.56 Å². The number of aromatic nitrogens is 4. The van der Waals surface area contributed by atoms with Gasteiger partial charge in [0.15, 0.2) is 5.82 Å². The molecule has 0 aliphatic heterocycles. The fourth-order valence-electron chi connectivity index (χ4n) is 2.21. The summed E-state index contributed by atoms with van der Waals surface area (Å²) < 4.78 is 15.6. The molecule has 0 spiro atoms. The first-order valence-corrected chi connectivity index (χ1v) is 7.26. The smallest absolute Gasteiger partial charge is 0.168 e. The molecule has 0 saturated heterocycles. The van der Waals surface area contributed by atoms with Crippen molar-refractivity contribution in [1.82, 2.24) is 25.5 Å². The van der Waals surface area contributed by atoms with Crippen LogP contribution in [0.5, 0.6) is 0 Å². The minimum absolute atomic E-state index is 0.0108. The van der Waals surface area contributed by atoms with Crippen LogP contribution in [0.1, 0.15) is 51.2 Å². The molecule has 0 radical (unpaired) electrons. The highest BCUT2D eigenvalue weighted by molar-refractivity contribution is 5.21. The summed E-state index contributed by atoms with van der Waals surface area (Å²) in [5.74, 6) is 1.02. The molecule has 0 saturated carbocycles. The van der Waals surface area contributed by atoms with E-state index in [0.29, 0.717) is 17.3 Å². The van der Waals surface area contributed by atoms with Crippen LogP contribution in [0.4, 0.5) is 4.39 Å². The Labute approximate surface area is 124 Å². The van der Waals surface area contributed by atoms with Gasteiger partial charge in [-0.1, -0.05) is 32.0 Å². The molecule has 1 aromatic carbocycles. The number of halogens is 1. The predicted molar refractivity (Wildman–Crippen MR) is 79.3 cm³/mol. The number of tetrazole rings is 1. The third-order valence-electron chi connectivity index (χ3n) is 3.46. The minimum atomic E-state index is -0.250. The van der Waals surface area contributed by atoms with E-state index in [0.717, 1.165) is 6.54 Å². The average molecular weight is 291 g/mol. The van der Waals surface area contributed by atoms with E-state index in [4.69, 9.17) is 0 Å². The number of nitrogens with zero attached hydrogens (tertiary/aromatic N) is 4. The summed E-state index contributed by atoms with van der Waals surface area (Å²) in [6.07, 6.45) is 0. The van der Waals surface area contributed by atoms with E-state index in [1.54, 1.807) is 16.8 Å². The summed E-state index contributed by atoms with van der Waals surface area (Å²) in [6.45, 7) is 9.07. The lowest BCUT2D eigenvalue weighted by atomic mass is 10.1. The maximum absolute atomic E-state index is 13.9. The first-order valence-electron chi connectivity index (χ1n) is 7.26. The largest absolute Gasteiger partial charge is 0.307 e. The van der Waals surface area contributed by atoms with Crippen LogP contribution >= 0.6 is 0 Å². The van der Waals surface area contributed by atoms with Gasteiger partial charge in [-0.2, -0.15) is 0 Å². The van der Waals surface area contributed by atoms with E-state index in [1.807, 2.05) is 19.9 Å². The zero-order chi connectivity index (χ0) is 15.4. The van der Waals surface area contributed by atoms with Crippen molar-refractivity contribution < 1.29 is 4.39 Å². The Kier molecular flexibility index (Phi) is 5.01. The van der Waals surface area contributed by atoms with Gasteiger partial charge in [0.2, 0.25) is 0 Å². The molecule has 0 amide bonds. The molecule has 1 heterocycles. The molecular weight excluding hydrogens is 269 g/mol. The Hall–Kier alpha value is -1.82. The van der Waals surface area contributed by atoms with Crippen LogP contribution in [-0.2, 0) is 0 Å². The van der Waals surface area contributed by atoms with Crippen LogP contribution in [0.2, 0.25) is 0 Å². The highest BCUT2D eigenvalue weighted by Crippen LogP contribution is 2.22. The zero-order valence-corrected chi connectivity index (χ0v) is 12.9. The van der Waals surface area contributed by atoms with Crippen molar-refractivity contribution in [3.8, 4) is 0 Å². The standard InChI is InChI=1S/C15H22FN5/c1-10(2)9-17-11(3)15-18-19-20-21(15)12(4)13-7-5-6-8-14(13)16/h5-8,10-12,17H,9H2,1-4H3. The Bertz CT molecular complexity index is 581. The molecule has 0 bridgehead atoms. The van der Waals surface area contributed by atoms with E-state index in [2.05, 4.69) is 34.7 Å². The van der Waals surface area contributed by atoms with Gasteiger partial charge in [0.25, 0.3) is 0 Å². The van der Waals surface area contributed by atoms with Gasteiger partial charge < -0.3 is 5.32 Å². The highest BCUT2D eigenvalue weighted by Gasteiger charge is 2.21. The maximum Gasteiger partial charge on any atom is 0.168 e. The molecule has 0 fully saturated rings. The van der Waals surface area contributed by atoms with E-state index < -0.39 is 0 Å². The second-order valence-corrected chi connectivity index (χ2v) is 5.70. The molecular formula is C15H22FN5. The quantitative estimate of drug-likeness (QED) is 0.889. The molecule has 1 N–H and O–H groups in total. The summed E-state index contributed by atoms with van der Waals surface area (Å²) >= 11 is 0. The van der Waals surface area contributed by atoms with Crippen molar-refractivity contribution >= 4 is 0 Å². The SMILES string of the molecule is CC(C)CNC(C)c1nnnn1C(C)c1ccccc1F. The fourth-order valence-corrected chi connectivity index (χ4v) is 2.21. The van der Waals surface area contributed by atoms with Gasteiger partial charge in [0.1, 0.15) is 5.82 Å². The van der Waals surface area contributed by atoms with Gasteiger partial charge in [-0.05, 0) is 42.8 Å². The summed E-state index contributed by atoms with van der Waals surface area (Å²) in [5.41, 5.74) is 0.585. The fraction of sp³-hybridized carbons (Fsp3) is 0.533. The molecule has 1 aromatic heterocycles. The van der Waals surface area contributed by atoms with Crippen molar-refractivity contribution in [3.63, 3.8) is 0 Å². The molecule has 0 aliphatic carbocycles. The Morgan fingerprint density at radius 1 is 1.19 bits per heavy atom. The first-order chi connectivity index (χ1) is 10.0. The average Bonchev–Trinajstić information content (AvgIpc) is 2.94. The summed E-state index contributed by atoms with van der Waals surface area (Å²) in [4.78, 5) is 0. The molecule has 6 heteroatoms. The Morgan fingerprint density at radius 3 is 2.57 bits per heavy atom. The highest BCUT2D eigenvalue weighted by atomic mass is 19.1. The monoisotopic (exact) mass is 291 g/mol. The van der Waals surface area contributed by atoms with Gasteiger partial charge >= 0.3 is 0 Å². The van der Waals surface area contributed by atoms with Gasteiger partial charge in [-0.25, -0.2) is 9.07 Å². The second kappa shape index (κ2) is 6.76. The first kappa shape index (κ1) is 15.6. The lowest BCUT2D eigenvalue weighted by Gasteiger charge is -2.19. The van der Waals surface area contributed by atoms with Gasteiger partial charge in [-0.15, -0.1) is 5.10 Å². The Morgan fingerprint density at radius 2 is 1.90 bits per heavy atom. The van der Waals surface area contributed by atoms with Crippen LogP contribution in [0, 0.1) is 11.7 Å². The van der Waals surface area contributed by atoms with E-state index in [1.165, 1.54) is 6.07 Å². The summed E-state index contributed by atoms with van der Waals surface area (Å²) in [5, 5.41) is 15.3. The topological polar surface area (TPSA) is 55.6 Å². The van der Waals surface area contributed by atoms with Crippen molar-refractivity contribution in [3.05, 3.63) is 41.5 Å². The van der Waals surface area contributed by atoms with Crippen LogP contribution in [0.25, 0.3) is 0 Å². The molecule has 114 valence electrons. The predicted octanol–water partition coefficient (Wildman–Crippen LogP) is 2.73. The molecule has 21 heavy (non-hydrogen) atoms. The maximum atomic E-state index is 13.9. The lowest BCUT2D eigenvalue weighted by molar-refractivity contribution is 0.433. The van der Waals surface area contributed by atoms with Crippen LogP contribution in [0.3, 0.4) is 0 Å². The lowest BCUT2D eigenvalue weighted by Crippen LogP contribution is -2.27. The summed E-state index contributed by atoms with van der Waals surface area (Å²) in [6, 6.07) is 6.47. The van der Waals surface area contributed by atoms with Crippen LogP contribution in [0.15, 0.2) is 24.3 Å². The van der Waals surface area contributed by atoms with E-state index >= 15 is 0 Å². The number of nitrogens with one attached hydrogen (secondary N) is 1. The van der Waals surface area contributed by atoms with Crippen LogP contribution in [-0.4, -0.2) is 26.8 Å². The van der Waals surface area contributed by atoms with E-state index in [9.17, 15) is 4.39 Å². The number of benzene rings is 1.